The van der Waals surface area contributed by atoms with Crippen molar-refractivity contribution >= 4 is 12.0 Å². The van der Waals surface area contributed by atoms with Crippen LogP contribution in [0.2, 0.25) is 0 Å². The minimum atomic E-state index is -0.430. The summed E-state index contributed by atoms with van der Waals surface area (Å²) in [5, 5.41) is 16.9. The van der Waals surface area contributed by atoms with Crippen molar-refractivity contribution in [3.8, 4) is 23.2 Å². The molecule has 0 saturated carbocycles. The fourth-order valence-corrected chi connectivity index (χ4v) is 3.22. The molecule has 0 bridgehead atoms. The summed E-state index contributed by atoms with van der Waals surface area (Å²) < 4.78 is 12.7. The van der Waals surface area contributed by atoms with Gasteiger partial charge in [0, 0.05) is 24.9 Å². The minimum absolute atomic E-state index is 0.00316. The minimum Gasteiger partial charge on any atom is -0.463 e. The van der Waals surface area contributed by atoms with Gasteiger partial charge in [0.2, 0.25) is 0 Å². The molecule has 1 aliphatic heterocycles. The van der Waals surface area contributed by atoms with Gasteiger partial charge < -0.3 is 14.5 Å². The Bertz CT molecular complexity index is 1040. The number of rotatable bonds is 6. The lowest BCUT2D eigenvalue weighted by Crippen LogP contribution is -2.32. The summed E-state index contributed by atoms with van der Waals surface area (Å²) in [7, 11) is 0. The first-order valence-electron chi connectivity index (χ1n) is 9.45. The molecule has 0 aliphatic carbocycles. The topological polar surface area (TPSA) is 93.1 Å². The number of nitrogens with zero attached hydrogens (tertiary/aromatic N) is 3. The number of amides is 1. The first-order valence-corrected chi connectivity index (χ1v) is 9.45. The van der Waals surface area contributed by atoms with E-state index < -0.39 is 5.91 Å². The van der Waals surface area contributed by atoms with E-state index in [4.69, 9.17) is 9.15 Å². The molecule has 1 aromatic carbocycles. The molecule has 7 nitrogen and oxygen atoms in total. The average Bonchev–Trinajstić information content (AvgIpc) is 3.52. The molecule has 2 aromatic heterocycles. The predicted octanol–water partition coefficient (Wildman–Crippen LogP) is 3.33. The standard InChI is InChI=1S/C22H20N4O3/c23-13-16(22(27)24-14-19-8-4-10-28-19)12-17-15-26(18-6-2-1-3-7-18)25-21(17)20-9-5-11-29-20/h1-3,5-7,9,11-12,15,19H,4,8,10,14H2,(H,24,27)/b16-12+/t19-/m1/s1. The molecule has 0 spiro atoms. The second-order valence-electron chi connectivity index (χ2n) is 6.71. The van der Waals surface area contributed by atoms with Gasteiger partial charge in [-0.05, 0) is 43.2 Å². The van der Waals surface area contributed by atoms with E-state index in [1.165, 1.54) is 6.08 Å². The zero-order valence-electron chi connectivity index (χ0n) is 15.7. The van der Waals surface area contributed by atoms with Gasteiger partial charge in [0.05, 0.1) is 18.1 Å². The normalized spacial score (nSPS) is 16.5. The van der Waals surface area contributed by atoms with Crippen LogP contribution < -0.4 is 5.32 Å². The summed E-state index contributed by atoms with van der Waals surface area (Å²) in [5.74, 6) is 0.129. The van der Waals surface area contributed by atoms with Gasteiger partial charge in [0.25, 0.3) is 5.91 Å². The first kappa shape index (κ1) is 18.7. The van der Waals surface area contributed by atoms with Crippen LogP contribution in [-0.2, 0) is 9.53 Å². The van der Waals surface area contributed by atoms with Crippen LogP contribution in [0.25, 0.3) is 23.2 Å². The van der Waals surface area contributed by atoms with Crippen LogP contribution >= 0.6 is 0 Å². The monoisotopic (exact) mass is 388 g/mol. The molecule has 0 unspecified atom stereocenters. The van der Waals surface area contributed by atoms with Crippen LogP contribution in [0.5, 0.6) is 0 Å². The second-order valence-corrected chi connectivity index (χ2v) is 6.71. The van der Waals surface area contributed by atoms with Crippen LogP contribution in [0.4, 0.5) is 0 Å². The van der Waals surface area contributed by atoms with Crippen LogP contribution in [-0.4, -0.2) is 34.9 Å². The number of nitriles is 1. The maximum Gasteiger partial charge on any atom is 0.262 e. The summed E-state index contributed by atoms with van der Waals surface area (Å²) in [6.45, 7) is 1.11. The van der Waals surface area contributed by atoms with E-state index >= 15 is 0 Å². The van der Waals surface area contributed by atoms with Crippen LogP contribution in [0.3, 0.4) is 0 Å². The van der Waals surface area contributed by atoms with Gasteiger partial charge in [0.15, 0.2) is 5.76 Å². The van der Waals surface area contributed by atoms with Crippen molar-refractivity contribution in [2.75, 3.05) is 13.2 Å². The molecule has 29 heavy (non-hydrogen) atoms. The van der Waals surface area contributed by atoms with Crippen LogP contribution in [0.15, 0.2) is 64.9 Å². The summed E-state index contributed by atoms with van der Waals surface area (Å²) >= 11 is 0. The largest absolute Gasteiger partial charge is 0.463 e. The summed E-state index contributed by atoms with van der Waals surface area (Å²) in [5.41, 5.74) is 2.04. The van der Waals surface area contributed by atoms with Crippen molar-refractivity contribution in [2.45, 2.75) is 18.9 Å². The number of carbonyl (C=O) groups excluding carboxylic acids is 1. The number of ether oxygens (including phenoxy) is 1. The van der Waals surface area contributed by atoms with Gasteiger partial charge in [-0.15, -0.1) is 0 Å². The third kappa shape index (κ3) is 4.28. The Morgan fingerprint density at radius 2 is 2.17 bits per heavy atom. The Hall–Kier alpha value is -3.63. The van der Waals surface area contributed by atoms with Crippen molar-refractivity contribution < 1.29 is 13.9 Å². The molecule has 1 saturated heterocycles. The van der Waals surface area contributed by atoms with Gasteiger partial charge >= 0.3 is 0 Å². The Labute approximate surface area is 168 Å². The number of furan rings is 1. The quantitative estimate of drug-likeness (QED) is 0.516. The molecule has 1 fully saturated rings. The van der Waals surface area contributed by atoms with Crippen LogP contribution in [0.1, 0.15) is 18.4 Å². The third-order valence-electron chi connectivity index (χ3n) is 4.70. The van der Waals surface area contributed by atoms with Crippen molar-refractivity contribution in [3.05, 3.63) is 66.1 Å². The van der Waals surface area contributed by atoms with Crippen molar-refractivity contribution in [1.29, 1.82) is 5.26 Å². The lowest BCUT2D eigenvalue weighted by molar-refractivity contribution is -0.117. The van der Waals surface area contributed by atoms with E-state index in [-0.39, 0.29) is 11.7 Å². The van der Waals surface area contributed by atoms with Crippen molar-refractivity contribution in [3.63, 3.8) is 0 Å². The lowest BCUT2D eigenvalue weighted by atomic mass is 10.1. The zero-order valence-corrected chi connectivity index (χ0v) is 15.7. The zero-order chi connectivity index (χ0) is 20.1. The molecule has 1 N–H and O–H groups in total. The number of aromatic nitrogens is 2. The SMILES string of the molecule is N#C/C(=C\c1cn(-c2ccccc2)nc1-c1ccco1)C(=O)NC[C@H]1CCCO1. The molecular weight excluding hydrogens is 368 g/mol. The molecule has 0 radical (unpaired) electrons. The molecule has 3 aromatic rings. The number of hydrogen-bond donors (Lipinski definition) is 1. The summed E-state index contributed by atoms with van der Waals surface area (Å²) in [6.07, 6.45) is 6.79. The number of nitrogens with one attached hydrogen (secondary N) is 1. The number of carbonyl (C=O) groups is 1. The molecule has 7 heteroatoms. The highest BCUT2D eigenvalue weighted by molar-refractivity contribution is 6.02. The van der Waals surface area contributed by atoms with E-state index in [0.717, 1.165) is 18.5 Å². The van der Waals surface area contributed by atoms with Gasteiger partial charge in [-0.1, -0.05) is 18.2 Å². The van der Waals surface area contributed by atoms with Crippen LogP contribution in [0, 0.1) is 11.3 Å². The summed E-state index contributed by atoms with van der Waals surface area (Å²) in [4.78, 5) is 12.5. The highest BCUT2D eigenvalue weighted by Crippen LogP contribution is 2.26. The highest BCUT2D eigenvalue weighted by atomic mass is 16.5. The van der Waals surface area contributed by atoms with Crippen molar-refractivity contribution in [2.24, 2.45) is 0 Å². The smallest absolute Gasteiger partial charge is 0.262 e. The van der Waals surface area contributed by atoms with E-state index in [9.17, 15) is 10.1 Å². The fraction of sp³-hybridized carbons (Fsp3) is 0.227. The highest BCUT2D eigenvalue weighted by Gasteiger charge is 2.19. The predicted molar refractivity (Wildman–Crippen MR) is 107 cm³/mol. The van der Waals surface area contributed by atoms with Gasteiger partial charge in [-0.25, -0.2) is 4.68 Å². The second kappa shape index (κ2) is 8.59. The molecule has 1 amide bonds. The first-order chi connectivity index (χ1) is 14.2. The number of hydrogen-bond acceptors (Lipinski definition) is 5. The van der Waals surface area contributed by atoms with Gasteiger partial charge in [-0.2, -0.15) is 10.4 Å². The van der Waals surface area contributed by atoms with Gasteiger partial charge in [-0.3, -0.25) is 4.79 Å². The Morgan fingerprint density at radius 3 is 2.86 bits per heavy atom. The maximum atomic E-state index is 12.5. The molecular formula is C22H20N4O3. The van der Waals surface area contributed by atoms with Gasteiger partial charge in [0.1, 0.15) is 17.3 Å². The Kier molecular flexibility index (Phi) is 5.54. The van der Waals surface area contributed by atoms with E-state index in [1.54, 1.807) is 29.3 Å². The molecule has 146 valence electrons. The third-order valence-corrected chi connectivity index (χ3v) is 4.70. The maximum absolute atomic E-state index is 12.5. The number of para-hydroxylation sites is 1. The molecule has 1 atom stereocenters. The molecule has 3 heterocycles. The Balaban J connectivity index is 1.63. The Morgan fingerprint density at radius 1 is 1.31 bits per heavy atom. The van der Waals surface area contributed by atoms with E-state index in [0.29, 0.717) is 30.2 Å². The van der Waals surface area contributed by atoms with Crippen molar-refractivity contribution in [1.82, 2.24) is 15.1 Å². The van der Waals surface area contributed by atoms with E-state index in [2.05, 4.69) is 10.4 Å². The number of benzene rings is 1. The molecule has 1 aliphatic rings. The lowest BCUT2D eigenvalue weighted by Gasteiger charge is -2.10. The molecule has 4 rings (SSSR count). The average molecular weight is 388 g/mol. The summed E-state index contributed by atoms with van der Waals surface area (Å²) in [6, 6.07) is 15.1. The van der Waals surface area contributed by atoms with E-state index in [1.807, 2.05) is 36.4 Å². The fourth-order valence-electron chi connectivity index (χ4n) is 3.22.